The highest BCUT2D eigenvalue weighted by atomic mass is 32.1. The second-order valence-corrected chi connectivity index (χ2v) is 7.97. The van der Waals surface area contributed by atoms with Crippen molar-refractivity contribution in [3.8, 4) is 5.88 Å². The van der Waals surface area contributed by atoms with Crippen LogP contribution in [0.5, 0.6) is 5.88 Å². The molecule has 0 bridgehead atoms. The summed E-state index contributed by atoms with van der Waals surface area (Å²) in [7, 11) is 2.09. The van der Waals surface area contributed by atoms with Crippen molar-refractivity contribution >= 4 is 22.0 Å². The van der Waals surface area contributed by atoms with Crippen LogP contribution in [0.2, 0.25) is 0 Å². The largest absolute Gasteiger partial charge is 0.492 e. The second-order valence-electron chi connectivity index (χ2n) is 6.96. The molecule has 2 aromatic heterocycles. The van der Waals surface area contributed by atoms with E-state index in [0.717, 1.165) is 36.6 Å². The summed E-state index contributed by atoms with van der Waals surface area (Å²) in [6, 6.07) is 6.37. The van der Waals surface area contributed by atoms with Crippen molar-refractivity contribution < 1.29 is 10.0 Å². The van der Waals surface area contributed by atoms with Gasteiger partial charge in [-0.25, -0.2) is 4.98 Å². The van der Waals surface area contributed by atoms with Crippen LogP contribution in [0, 0.1) is 10.1 Å². The van der Waals surface area contributed by atoms with Crippen molar-refractivity contribution in [3.05, 3.63) is 50.6 Å². The van der Waals surface area contributed by atoms with Gasteiger partial charge in [-0.05, 0) is 12.6 Å². The molecule has 148 valence electrons. The number of hydrogen-bond donors (Lipinski definition) is 1. The summed E-state index contributed by atoms with van der Waals surface area (Å²) in [5, 5.41) is 26.3. The highest BCUT2D eigenvalue weighted by Crippen LogP contribution is 2.40. The van der Waals surface area contributed by atoms with Gasteiger partial charge in [0.05, 0.1) is 15.8 Å². The van der Waals surface area contributed by atoms with E-state index in [4.69, 9.17) is 0 Å². The Hall–Kier alpha value is -2.56. The van der Waals surface area contributed by atoms with Gasteiger partial charge in [0.15, 0.2) is 5.82 Å². The Morgan fingerprint density at radius 1 is 1.25 bits per heavy atom. The molecule has 10 heteroatoms. The molecule has 0 unspecified atom stereocenters. The van der Waals surface area contributed by atoms with Crippen LogP contribution >= 0.6 is 11.3 Å². The average molecular weight is 402 g/mol. The van der Waals surface area contributed by atoms with Crippen LogP contribution in [-0.2, 0) is 6.42 Å². The number of thiazole rings is 1. The number of piperazine rings is 1. The lowest BCUT2D eigenvalue weighted by molar-refractivity contribution is -0.384. The quantitative estimate of drug-likeness (QED) is 0.516. The van der Waals surface area contributed by atoms with E-state index in [2.05, 4.69) is 26.9 Å². The first-order valence-corrected chi connectivity index (χ1v) is 10.0. The molecule has 9 nitrogen and oxygen atoms in total. The van der Waals surface area contributed by atoms with E-state index in [1.165, 1.54) is 28.0 Å². The number of fused-ring (bicyclic) bond motifs is 1. The van der Waals surface area contributed by atoms with Gasteiger partial charge in [-0.1, -0.05) is 30.4 Å². The Bertz CT molecular complexity index is 991. The molecule has 3 heterocycles. The number of likely N-dealkylation sites (N-methyl/N-ethyl adjacent to an activating group) is 1. The first-order chi connectivity index (χ1) is 13.5. The van der Waals surface area contributed by atoms with Crippen LogP contribution in [0.3, 0.4) is 0 Å². The molecule has 1 aliphatic rings. The van der Waals surface area contributed by atoms with Gasteiger partial charge in [0.1, 0.15) is 0 Å². The van der Waals surface area contributed by atoms with E-state index in [1.807, 2.05) is 6.92 Å². The normalized spacial score (nSPS) is 17.2. The fourth-order valence-corrected chi connectivity index (χ4v) is 4.64. The van der Waals surface area contributed by atoms with E-state index in [1.54, 1.807) is 12.1 Å². The van der Waals surface area contributed by atoms with E-state index in [9.17, 15) is 15.2 Å². The lowest BCUT2D eigenvalue weighted by Crippen LogP contribution is -2.46. The summed E-state index contributed by atoms with van der Waals surface area (Å²) in [6.45, 7) is 5.49. The molecule has 3 aromatic rings. The second kappa shape index (κ2) is 7.46. The molecule has 1 N–H and O–H groups in total. The SMILES string of the molecule is CCc1nc2sc([C@H](c3ccc([N+](=O)[O-])cc3)N3CCN(C)CC3)c(O)n2n1. The maximum Gasteiger partial charge on any atom is 0.269 e. The number of aromatic nitrogens is 3. The van der Waals surface area contributed by atoms with Gasteiger partial charge in [0, 0.05) is 44.7 Å². The van der Waals surface area contributed by atoms with Crippen LogP contribution in [-0.4, -0.2) is 67.7 Å². The van der Waals surface area contributed by atoms with Gasteiger partial charge in [-0.2, -0.15) is 4.52 Å². The van der Waals surface area contributed by atoms with Crippen molar-refractivity contribution in [3.63, 3.8) is 0 Å². The van der Waals surface area contributed by atoms with Gasteiger partial charge in [0.2, 0.25) is 10.8 Å². The first kappa shape index (κ1) is 18.8. The molecule has 1 atom stereocenters. The number of benzene rings is 1. The maximum absolute atomic E-state index is 11.0. The summed E-state index contributed by atoms with van der Waals surface area (Å²) < 4.78 is 1.49. The fraction of sp³-hybridized carbons (Fsp3) is 0.444. The van der Waals surface area contributed by atoms with Crippen LogP contribution in [0.1, 0.15) is 29.2 Å². The van der Waals surface area contributed by atoms with Gasteiger partial charge in [-0.3, -0.25) is 15.0 Å². The van der Waals surface area contributed by atoms with Crippen LogP contribution in [0.25, 0.3) is 4.96 Å². The molecule has 1 aromatic carbocycles. The first-order valence-electron chi connectivity index (χ1n) is 9.22. The summed E-state index contributed by atoms with van der Waals surface area (Å²) in [5.41, 5.74) is 0.964. The Morgan fingerprint density at radius 2 is 1.93 bits per heavy atom. The predicted octanol–water partition coefficient (Wildman–Crippen LogP) is 2.30. The molecule has 0 aliphatic carbocycles. The summed E-state index contributed by atoms with van der Waals surface area (Å²) in [5.74, 6) is 0.786. The summed E-state index contributed by atoms with van der Waals surface area (Å²) >= 11 is 1.42. The molecular weight excluding hydrogens is 380 g/mol. The molecule has 1 saturated heterocycles. The Labute approximate surface area is 166 Å². The van der Waals surface area contributed by atoms with Crippen LogP contribution in [0.15, 0.2) is 24.3 Å². The number of rotatable bonds is 5. The van der Waals surface area contributed by atoms with Gasteiger partial charge >= 0.3 is 0 Å². The number of nitro benzene ring substituents is 1. The number of nitro groups is 1. The Balaban J connectivity index is 1.77. The maximum atomic E-state index is 11.0. The van der Waals surface area contributed by atoms with Gasteiger partial charge in [0.25, 0.3) is 5.69 Å². The predicted molar refractivity (Wildman–Crippen MR) is 106 cm³/mol. The third kappa shape index (κ3) is 3.34. The molecule has 0 saturated carbocycles. The highest BCUT2D eigenvalue weighted by Gasteiger charge is 2.31. The van der Waals surface area contributed by atoms with Crippen molar-refractivity contribution in [2.24, 2.45) is 0 Å². The Morgan fingerprint density at radius 3 is 2.50 bits per heavy atom. The van der Waals surface area contributed by atoms with Gasteiger partial charge < -0.3 is 10.0 Å². The zero-order valence-corrected chi connectivity index (χ0v) is 16.6. The molecule has 0 spiro atoms. The zero-order chi connectivity index (χ0) is 19.8. The smallest absolute Gasteiger partial charge is 0.269 e. The van der Waals surface area contributed by atoms with Crippen molar-refractivity contribution in [1.29, 1.82) is 0 Å². The van der Waals surface area contributed by atoms with Crippen molar-refractivity contribution in [2.45, 2.75) is 19.4 Å². The van der Waals surface area contributed by atoms with E-state index < -0.39 is 4.92 Å². The molecule has 0 amide bonds. The molecule has 28 heavy (non-hydrogen) atoms. The van der Waals surface area contributed by atoms with Gasteiger partial charge in [-0.15, -0.1) is 5.10 Å². The topological polar surface area (TPSA) is 100 Å². The Kier molecular flexibility index (Phi) is 5.00. The number of aryl methyl sites for hydroxylation is 1. The van der Waals surface area contributed by atoms with E-state index >= 15 is 0 Å². The zero-order valence-electron chi connectivity index (χ0n) is 15.8. The summed E-state index contributed by atoms with van der Waals surface area (Å²) in [6.07, 6.45) is 0.702. The number of aromatic hydroxyl groups is 1. The standard InChI is InChI=1S/C18H22N6O3S/c1-3-14-19-18-23(20-14)17(25)16(28-18)15(22-10-8-21(2)9-11-22)12-4-6-13(7-5-12)24(26)27/h4-7,15,25H,3,8-11H2,1-2H3/t15-/m0/s1. The molecule has 0 radical (unpaired) electrons. The lowest BCUT2D eigenvalue weighted by Gasteiger charge is -2.37. The minimum absolute atomic E-state index is 0.0559. The third-order valence-electron chi connectivity index (χ3n) is 5.13. The van der Waals surface area contributed by atoms with Crippen LogP contribution in [0.4, 0.5) is 5.69 Å². The molecule has 1 aliphatic heterocycles. The van der Waals surface area contributed by atoms with Crippen molar-refractivity contribution in [2.75, 3.05) is 33.2 Å². The third-order valence-corrected chi connectivity index (χ3v) is 6.20. The highest BCUT2D eigenvalue weighted by molar-refractivity contribution is 7.17. The van der Waals surface area contributed by atoms with E-state index in [0.29, 0.717) is 17.2 Å². The summed E-state index contributed by atoms with van der Waals surface area (Å²) in [4.78, 5) is 21.1. The van der Waals surface area contributed by atoms with E-state index in [-0.39, 0.29) is 17.6 Å². The number of nitrogens with zero attached hydrogens (tertiary/aromatic N) is 6. The monoisotopic (exact) mass is 402 g/mol. The minimum atomic E-state index is -0.401. The molecule has 1 fully saturated rings. The van der Waals surface area contributed by atoms with Crippen molar-refractivity contribution in [1.82, 2.24) is 24.4 Å². The number of non-ortho nitro benzene ring substituents is 1. The number of hydrogen-bond acceptors (Lipinski definition) is 8. The average Bonchev–Trinajstić information content (AvgIpc) is 3.23. The molecular formula is C18H22N6O3S. The van der Waals surface area contributed by atoms with Crippen LogP contribution < -0.4 is 0 Å². The lowest BCUT2D eigenvalue weighted by atomic mass is 10.0. The molecule has 4 rings (SSSR count). The minimum Gasteiger partial charge on any atom is -0.492 e. The fourth-order valence-electron chi connectivity index (χ4n) is 3.51.